The van der Waals surface area contributed by atoms with Crippen molar-refractivity contribution in [2.24, 2.45) is 0 Å². The van der Waals surface area contributed by atoms with Gasteiger partial charge in [0.2, 0.25) is 5.91 Å². The number of ether oxygens (including phenoxy) is 1. The van der Waals surface area contributed by atoms with Crippen LogP contribution in [-0.2, 0) is 16.1 Å². The standard InChI is InChI=1S/C20H23FN4O3/c1-13(26)22-10-17-12-25(20(27)28-17)16-6-7-18(19(21)8-16)14-4-5-15(23-9-14)11-24(2)3/h4-9,17H,10-12H2,1-3H3,(H,22,26). The van der Waals surface area contributed by atoms with Crippen LogP contribution in [0.4, 0.5) is 14.9 Å². The van der Waals surface area contributed by atoms with Crippen LogP contribution in [0.2, 0.25) is 0 Å². The molecule has 1 unspecified atom stereocenters. The number of carbonyl (C=O) groups excluding carboxylic acids is 2. The Morgan fingerprint density at radius 2 is 2.14 bits per heavy atom. The van der Waals surface area contributed by atoms with Crippen LogP contribution in [0.15, 0.2) is 36.5 Å². The third kappa shape index (κ3) is 4.64. The fourth-order valence-electron chi connectivity index (χ4n) is 3.00. The lowest BCUT2D eigenvalue weighted by atomic mass is 10.1. The predicted molar refractivity (Wildman–Crippen MR) is 103 cm³/mol. The average molecular weight is 386 g/mol. The Labute approximate surface area is 163 Å². The maximum atomic E-state index is 14.7. The summed E-state index contributed by atoms with van der Waals surface area (Å²) in [7, 11) is 3.91. The largest absolute Gasteiger partial charge is 0.442 e. The first-order valence-electron chi connectivity index (χ1n) is 8.95. The second-order valence-electron chi connectivity index (χ2n) is 6.99. The Hall–Kier alpha value is -3.00. The van der Waals surface area contributed by atoms with Crippen molar-refractivity contribution in [3.05, 3.63) is 48.0 Å². The molecule has 0 bridgehead atoms. The third-order valence-electron chi connectivity index (χ3n) is 4.33. The van der Waals surface area contributed by atoms with E-state index in [-0.39, 0.29) is 19.0 Å². The Bertz CT molecular complexity index is 870. The van der Waals surface area contributed by atoms with Crippen molar-refractivity contribution in [3.8, 4) is 11.1 Å². The number of nitrogens with one attached hydrogen (secondary N) is 1. The number of rotatable bonds is 6. The molecule has 1 saturated heterocycles. The molecule has 1 aliphatic heterocycles. The van der Waals surface area contributed by atoms with Crippen LogP contribution >= 0.6 is 0 Å². The molecule has 1 aromatic heterocycles. The lowest BCUT2D eigenvalue weighted by molar-refractivity contribution is -0.119. The number of nitrogens with zero attached hydrogens (tertiary/aromatic N) is 3. The first kappa shape index (κ1) is 19.8. The van der Waals surface area contributed by atoms with Crippen molar-refractivity contribution in [2.75, 3.05) is 32.1 Å². The van der Waals surface area contributed by atoms with Crippen molar-refractivity contribution in [1.29, 1.82) is 0 Å². The highest BCUT2D eigenvalue weighted by molar-refractivity contribution is 5.90. The summed E-state index contributed by atoms with van der Waals surface area (Å²) in [6, 6.07) is 8.31. The molecule has 0 saturated carbocycles. The summed E-state index contributed by atoms with van der Waals surface area (Å²) in [5.74, 6) is -0.645. The minimum atomic E-state index is -0.558. The number of aromatic nitrogens is 1. The predicted octanol–water partition coefficient (Wildman–Crippen LogP) is 2.41. The number of carbonyl (C=O) groups is 2. The van der Waals surface area contributed by atoms with E-state index in [1.54, 1.807) is 18.3 Å². The first-order chi connectivity index (χ1) is 13.3. The van der Waals surface area contributed by atoms with Gasteiger partial charge in [0.05, 0.1) is 24.5 Å². The van der Waals surface area contributed by atoms with E-state index < -0.39 is 18.0 Å². The fraction of sp³-hybridized carbons (Fsp3) is 0.350. The van der Waals surface area contributed by atoms with E-state index in [0.29, 0.717) is 23.4 Å². The molecule has 0 spiro atoms. The van der Waals surface area contributed by atoms with E-state index >= 15 is 0 Å². The van der Waals surface area contributed by atoms with E-state index in [1.807, 2.05) is 31.1 Å². The summed E-state index contributed by atoms with van der Waals surface area (Å²) in [5, 5.41) is 2.61. The second kappa shape index (κ2) is 8.35. The Morgan fingerprint density at radius 3 is 2.75 bits per heavy atom. The Kier molecular flexibility index (Phi) is 5.89. The van der Waals surface area contributed by atoms with Gasteiger partial charge in [-0.2, -0.15) is 0 Å². The van der Waals surface area contributed by atoms with Crippen LogP contribution in [0.1, 0.15) is 12.6 Å². The first-order valence-corrected chi connectivity index (χ1v) is 8.95. The van der Waals surface area contributed by atoms with Crippen LogP contribution in [0, 0.1) is 5.82 Å². The molecule has 148 valence electrons. The molecular weight excluding hydrogens is 363 g/mol. The number of pyridine rings is 1. The molecule has 28 heavy (non-hydrogen) atoms. The molecule has 1 fully saturated rings. The van der Waals surface area contributed by atoms with Gasteiger partial charge in [0.25, 0.3) is 0 Å². The van der Waals surface area contributed by atoms with Crippen LogP contribution in [0.25, 0.3) is 11.1 Å². The van der Waals surface area contributed by atoms with Gasteiger partial charge in [-0.25, -0.2) is 9.18 Å². The van der Waals surface area contributed by atoms with E-state index in [0.717, 1.165) is 5.69 Å². The zero-order valence-electron chi connectivity index (χ0n) is 16.1. The summed E-state index contributed by atoms with van der Waals surface area (Å²) in [5.41, 5.74) is 2.39. The molecule has 0 aliphatic carbocycles. The van der Waals surface area contributed by atoms with Crippen molar-refractivity contribution in [2.45, 2.75) is 19.6 Å². The summed E-state index contributed by atoms with van der Waals surface area (Å²) in [6.07, 6.45) is 0.620. The molecule has 1 atom stereocenters. The average Bonchev–Trinajstić information content (AvgIpc) is 3.01. The SMILES string of the molecule is CC(=O)NCC1CN(c2ccc(-c3ccc(CN(C)C)nc3)c(F)c2)C(=O)O1. The molecule has 2 amide bonds. The van der Waals surface area contributed by atoms with Crippen molar-refractivity contribution in [1.82, 2.24) is 15.2 Å². The van der Waals surface area contributed by atoms with Crippen LogP contribution in [-0.4, -0.2) is 55.2 Å². The quantitative estimate of drug-likeness (QED) is 0.825. The number of cyclic esters (lactones) is 1. The molecule has 1 aliphatic rings. The summed E-state index contributed by atoms with van der Waals surface area (Å²) >= 11 is 0. The van der Waals surface area contributed by atoms with Gasteiger partial charge < -0.3 is 15.0 Å². The summed E-state index contributed by atoms with van der Waals surface area (Å²) in [4.78, 5) is 30.8. The van der Waals surface area contributed by atoms with Gasteiger partial charge in [-0.1, -0.05) is 6.07 Å². The summed E-state index contributed by atoms with van der Waals surface area (Å²) in [6.45, 7) is 2.57. The molecule has 0 radical (unpaired) electrons. The number of benzene rings is 1. The number of hydrogen-bond donors (Lipinski definition) is 1. The highest BCUT2D eigenvalue weighted by Gasteiger charge is 2.32. The molecule has 1 N–H and O–H groups in total. The normalized spacial score (nSPS) is 16.4. The molecule has 8 heteroatoms. The third-order valence-corrected chi connectivity index (χ3v) is 4.33. The number of halogens is 1. The van der Waals surface area contributed by atoms with Crippen molar-refractivity contribution in [3.63, 3.8) is 0 Å². The molecule has 1 aromatic carbocycles. The van der Waals surface area contributed by atoms with Crippen LogP contribution in [0.5, 0.6) is 0 Å². The zero-order valence-corrected chi connectivity index (χ0v) is 16.1. The Balaban J connectivity index is 1.73. The maximum absolute atomic E-state index is 14.7. The van der Waals surface area contributed by atoms with E-state index in [2.05, 4.69) is 10.3 Å². The highest BCUT2D eigenvalue weighted by atomic mass is 19.1. The van der Waals surface area contributed by atoms with E-state index in [1.165, 1.54) is 17.9 Å². The smallest absolute Gasteiger partial charge is 0.414 e. The Morgan fingerprint density at radius 1 is 1.36 bits per heavy atom. The van der Waals surface area contributed by atoms with E-state index in [4.69, 9.17) is 4.74 Å². The topological polar surface area (TPSA) is 74.8 Å². The van der Waals surface area contributed by atoms with E-state index in [9.17, 15) is 14.0 Å². The van der Waals surface area contributed by atoms with Crippen molar-refractivity contribution < 1.29 is 18.7 Å². The minimum Gasteiger partial charge on any atom is -0.442 e. The highest BCUT2D eigenvalue weighted by Crippen LogP contribution is 2.28. The van der Waals surface area contributed by atoms with Crippen LogP contribution in [0.3, 0.4) is 0 Å². The second-order valence-corrected chi connectivity index (χ2v) is 6.99. The van der Waals surface area contributed by atoms with Gasteiger partial charge in [0, 0.05) is 30.8 Å². The molecule has 2 aromatic rings. The molecular formula is C20H23FN4O3. The monoisotopic (exact) mass is 386 g/mol. The zero-order chi connectivity index (χ0) is 20.3. The number of amides is 2. The lowest BCUT2D eigenvalue weighted by Crippen LogP contribution is -2.33. The fourth-order valence-corrected chi connectivity index (χ4v) is 3.00. The van der Waals surface area contributed by atoms with Gasteiger partial charge in [-0.3, -0.25) is 14.7 Å². The molecule has 2 heterocycles. The van der Waals surface area contributed by atoms with Crippen molar-refractivity contribution >= 4 is 17.7 Å². The van der Waals surface area contributed by atoms with Gasteiger partial charge in [-0.05, 0) is 38.4 Å². The molecule has 7 nitrogen and oxygen atoms in total. The minimum absolute atomic E-state index is 0.199. The number of hydrogen-bond acceptors (Lipinski definition) is 5. The lowest BCUT2D eigenvalue weighted by Gasteiger charge is -2.15. The summed E-state index contributed by atoms with van der Waals surface area (Å²) < 4.78 is 19.9. The number of anilines is 1. The van der Waals surface area contributed by atoms with Gasteiger partial charge in [0.1, 0.15) is 11.9 Å². The van der Waals surface area contributed by atoms with Gasteiger partial charge in [0.15, 0.2) is 0 Å². The van der Waals surface area contributed by atoms with Gasteiger partial charge >= 0.3 is 6.09 Å². The van der Waals surface area contributed by atoms with Crippen LogP contribution < -0.4 is 10.2 Å². The molecule has 3 rings (SSSR count). The van der Waals surface area contributed by atoms with Gasteiger partial charge in [-0.15, -0.1) is 0 Å². The maximum Gasteiger partial charge on any atom is 0.414 e.